The predicted molar refractivity (Wildman–Crippen MR) is 97.4 cm³/mol. The van der Waals surface area contributed by atoms with Crippen LogP contribution in [0.2, 0.25) is 0 Å². The Labute approximate surface area is 147 Å². The lowest BCUT2D eigenvalue weighted by atomic mass is 9.98. The molecular weight excluding hydrogens is 312 g/mol. The fraction of sp³-hybridized carbons (Fsp3) is 0.333. The molecule has 4 nitrogen and oxygen atoms in total. The van der Waals surface area contributed by atoms with Crippen molar-refractivity contribution < 1.29 is 9.59 Å². The van der Waals surface area contributed by atoms with Gasteiger partial charge in [-0.2, -0.15) is 0 Å². The summed E-state index contributed by atoms with van der Waals surface area (Å²) in [4.78, 5) is 26.7. The van der Waals surface area contributed by atoms with Gasteiger partial charge in [-0.25, -0.2) is 0 Å². The summed E-state index contributed by atoms with van der Waals surface area (Å²) in [7, 11) is 0. The van der Waals surface area contributed by atoms with Gasteiger partial charge in [0.1, 0.15) is 0 Å². The van der Waals surface area contributed by atoms with Crippen LogP contribution in [0, 0.1) is 12.8 Å². The van der Waals surface area contributed by atoms with Crippen molar-refractivity contribution >= 4 is 17.5 Å². The van der Waals surface area contributed by atoms with Crippen LogP contribution >= 0.6 is 0 Å². The second-order valence-electron chi connectivity index (χ2n) is 7.09. The van der Waals surface area contributed by atoms with Crippen molar-refractivity contribution in [2.75, 3.05) is 11.9 Å². The highest BCUT2D eigenvalue weighted by Crippen LogP contribution is 2.33. The van der Waals surface area contributed by atoms with Crippen LogP contribution in [0.1, 0.15) is 39.9 Å². The molecule has 2 aliphatic rings. The summed E-state index contributed by atoms with van der Waals surface area (Å²) in [6, 6.07) is 13.6. The van der Waals surface area contributed by atoms with Gasteiger partial charge in [-0.1, -0.05) is 23.8 Å². The van der Waals surface area contributed by atoms with Crippen molar-refractivity contribution in [3.05, 3.63) is 64.7 Å². The van der Waals surface area contributed by atoms with Gasteiger partial charge in [0.15, 0.2) is 0 Å². The van der Waals surface area contributed by atoms with Gasteiger partial charge < -0.3 is 10.2 Å². The molecule has 4 heteroatoms. The number of carbonyl (C=O) groups excluding carboxylic acids is 2. The van der Waals surface area contributed by atoms with Crippen molar-refractivity contribution in [1.82, 2.24) is 4.90 Å². The van der Waals surface area contributed by atoms with E-state index in [1.165, 1.54) is 5.56 Å². The van der Waals surface area contributed by atoms with E-state index in [0.717, 1.165) is 42.6 Å². The van der Waals surface area contributed by atoms with Crippen LogP contribution in [-0.4, -0.2) is 23.3 Å². The maximum absolute atomic E-state index is 12.4. The molecule has 1 aliphatic heterocycles. The third kappa shape index (κ3) is 3.43. The van der Waals surface area contributed by atoms with Gasteiger partial charge in [-0.3, -0.25) is 9.59 Å². The summed E-state index contributed by atoms with van der Waals surface area (Å²) in [5.41, 5.74) is 4.97. The molecule has 1 aliphatic carbocycles. The second kappa shape index (κ2) is 6.36. The van der Waals surface area contributed by atoms with Crippen molar-refractivity contribution in [2.24, 2.45) is 5.92 Å². The fourth-order valence-electron chi connectivity index (χ4n) is 3.32. The first-order valence-electron chi connectivity index (χ1n) is 8.89. The molecular formula is C21H22N2O2. The smallest absolute Gasteiger partial charge is 0.255 e. The Morgan fingerprint density at radius 2 is 1.80 bits per heavy atom. The standard InChI is InChI=1S/C21H22N2O2/c1-14-2-4-16(5-3-14)20(24)22-19-9-8-15-10-11-23(13-18(15)12-19)21(25)17-6-7-17/h2-5,8-9,12,17H,6-7,10-11,13H2,1H3,(H,22,24). The Balaban J connectivity index is 1.48. The van der Waals surface area contributed by atoms with Crippen molar-refractivity contribution in [2.45, 2.75) is 32.7 Å². The monoisotopic (exact) mass is 334 g/mol. The zero-order chi connectivity index (χ0) is 17.4. The number of benzene rings is 2. The molecule has 1 N–H and O–H groups in total. The molecule has 2 aromatic carbocycles. The first-order chi connectivity index (χ1) is 12.1. The summed E-state index contributed by atoms with van der Waals surface area (Å²) in [6.07, 6.45) is 2.96. The molecule has 0 unspecified atom stereocenters. The molecule has 2 amide bonds. The highest BCUT2D eigenvalue weighted by molar-refractivity contribution is 6.04. The zero-order valence-electron chi connectivity index (χ0n) is 14.4. The molecule has 1 fully saturated rings. The first kappa shape index (κ1) is 15.9. The van der Waals surface area contributed by atoms with Gasteiger partial charge in [0.05, 0.1) is 0 Å². The van der Waals surface area contributed by atoms with E-state index in [2.05, 4.69) is 11.4 Å². The molecule has 2 aromatic rings. The van der Waals surface area contributed by atoms with Crippen molar-refractivity contribution in [1.29, 1.82) is 0 Å². The van der Waals surface area contributed by atoms with E-state index in [9.17, 15) is 9.59 Å². The minimum atomic E-state index is -0.110. The first-order valence-corrected chi connectivity index (χ1v) is 8.89. The highest BCUT2D eigenvalue weighted by Gasteiger charge is 2.34. The Morgan fingerprint density at radius 1 is 1.04 bits per heavy atom. The number of hydrogen-bond acceptors (Lipinski definition) is 2. The molecule has 0 aromatic heterocycles. The van der Waals surface area contributed by atoms with Crippen LogP contribution < -0.4 is 5.32 Å². The van der Waals surface area contributed by atoms with E-state index in [1.54, 1.807) is 0 Å². The third-order valence-electron chi connectivity index (χ3n) is 5.03. The minimum absolute atomic E-state index is 0.110. The van der Waals surface area contributed by atoms with Crippen molar-refractivity contribution in [3.63, 3.8) is 0 Å². The second-order valence-corrected chi connectivity index (χ2v) is 7.09. The van der Waals surface area contributed by atoms with Gasteiger partial charge in [0.25, 0.3) is 5.91 Å². The lowest BCUT2D eigenvalue weighted by Gasteiger charge is -2.29. The normalized spacial score (nSPS) is 16.3. The Bertz CT molecular complexity index is 822. The fourth-order valence-corrected chi connectivity index (χ4v) is 3.32. The minimum Gasteiger partial charge on any atom is -0.338 e. The van der Waals surface area contributed by atoms with E-state index in [1.807, 2.05) is 48.2 Å². The number of rotatable bonds is 3. The Morgan fingerprint density at radius 3 is 2.52 bits per heavy atom. The van der Waals surface area contributed by atoms with E-state index in [4.69, 9.17) is 0 Å². The maximum atomic E-state index is 12.4. The van der Waals surface area contributed by atoms with E-state index in [0.29, 0.717) is 18.0 Å². The molecule has 4 rings (SSSR count). The van der Waals surface area contributed by atoms with Gasteiger partial charge in [-0.15, -0.1) is 0 Å². The topological polar surface area (TPSA) is 49.4 Å². The number of nitrogens with one attached hydrogen (secondary N) is 1. The molecule has 1 heterocycles. The molecule has 25 heavy (non-hydrogen) atoms. The van der Waals surface area contributed by atoms with Gasteiger partial charge in [0.2, 0.25) is 5.91 Å². The molecule has 0 spiro atoms. The maximum Gasteiger partial charge on any atom is 0.255 e. The number of aryl methyl sites for hydroxylation is 1. The molecule has 0 bridgehead atoms. The summed E-state index contributed by atoms with van der Waals surface area (Å²) >= 11 is 0. The number of amides is 2. The molecule has 0 saturated heterocycles. The molecule has 128 valence electrons. The van der Waals surface area contributed by atoms with Crippen LogP contribution in [0.25, 0.3) is 0 Å². The van der Waals surface area contributed by atoms with E-state index in [-0.39, 0.29) is 11.8 Å². The van der Waals surface area contributed by atoms with E-state index < -0.39 is 0 Å². The van der Waals surface area contributed by atoms with E-state index >= 15 is 0 Å². The predicted octanol–water partition coefficient (Wildman–Crippen LogP) is 3.54. The van der Waals surface area contributed by atoms with Crippen LogP contribution in [0.5, 0.6) is 0 Å². The summed E-state index contributed by atoms with van der Waals surface area (Å²) in [5.74, 6) is 0.437. The Kier molecular flexibility index (Phi) is 4.04. The summed E-state index contributed by atoms with van der Waals surface area (Å²) < 4.78 is 0. The largest absolute Gasteiger partial charge is 0.338 e. The number of hydrogen-bond donors (Lipinski definition) is 1. The van der Waals surface area contributed by atoms with Crippen LogP contribution in [0.4, 0.5) is 5.69 Å². The molecule has 0 atom stereocenters. The average Bonchev–Trinajstić information content (AvgIpc) is 3.46. The number of carbonyl (C=O) groups is 2. The van der Waals surface area contributed by atoms with Crippen LogP contribution in [0.3, 0.4) is 0 Å². The number of anilines is 1. The average molecular weight is 334 g/mol. The quantitative estimate of drug-likeness (QED) is 0.933. The van der Waals surface area contributed by atoms with Gasteiger partial charge >= 0.3 is 0 Å². The van der Waals surface area contributed by atoms with Gasteiger partial charge in [0, 0.05) is 30.3 Å². The molecule has 0 radical (unpaired) electrons. The zero-order valence-corrected chi connectivity index (χ0v) is 14.4. The third-order valence-corrected chi connectivity index (χ3v) is 5.03. The van der Waals surface area contributed by atoms with Crippen molar-refractivity contribution in [3.8, 4) is 0 Å². The summed E-state index contributed by atoms with van der Waals surface area (Å²) in [5, 5.41) is 2.96. The number of fused-ring (bicyclic) bond motifs is 1. The molecule has 1 saturated carbocycles. The lowest BCUT2D eigenvalue weighted by Crippen LogP contribution is -2.36. The van der Waals surface area contributed by atoms with Gasteiger partial charge in [-0.05, 0) is 61.6 Å². The number of nitrogens with zero attached hydrogens (tertiary/aromatic N) is 1. The highest BCUT2D eigenvalue weighted by atomic mass is 16.2. The Hall–Kier alpha value is -2.62. The lowest BCUT2D eigenvalue weighted by molar-refractivity contribution is -0.133. The van der Waals surface area contributed by atoms with Crippen LogP contribution in [-0.2, 0) is 17.8 Å². The summed E-state index contributed by atoms with van der Waals surface area (Å²) in [6.45, 7) is 3.45. The SMILES string of the molecule is Cc1ccc(C(=O)Nc2ccc3c(c2)CN(C(=O)C2CC2)CC3)cc1. The van der Waals surface area contributed by atoms with Crippen LogP contribution in [0.15, 0.2) is 42.5 Å².